The molecule has 0 aromatic heterocycles. The van der Waals surface area contributed by atoms with Crippen LogP contribution >= 0.6 is 23.2 Å². The summed E-state index contributed by atoms with van der Waals surface area (Å²) in [6, 6.07) is 14.0. The molecule has 0 atom stereocenters. The molecule has 0 spiro atoms. The van der Waals surface area contributed by atoms with Gasteiger partial charge in [-0.25, -0.2) is 4.79 Å². The Morgan fingerprint density at radius 1 is 1.16 bits per heavy atom. The Balaban J connectivity index is 0.00000107. The molecular formula is C22H28Cl2N4O3. The second kappa shape index (κ2) is 13.0. The summed E-state index contributed by atoms with van der Waals surface area (Å²) >= 11 is 12.1. The van der Waals surface area contributed by atoms with E-state index in [2.05, 4.69) is 34.9 Å². The summed E-state index contributed by atoms with van der Waals surface area (Å²) in [6.45, 7) is 2.26. The molecule has 0 saturated carbocycles. The smallest absolute Gasteiger partial charge is 0.317 e. The first-order chi connectivity index (χ1) is 15.0. The van der Waals surface area contributed by atoms with E-state index in [1.165, 1.54) is 5.56 Å². The second-order valence-corrected chi connectivity index (χ2v) is 7.98. The van der Waals surface area contributed by atoms with Gasteiger partial charge in [-0.1, -0.05) is 41.4 Å². The van der Waals surface area contributed by atoms with E-state index < -0.39 is 0 Å². The number of piperidine rings is 1. The molecule has 0 bridgehead atoms. The molecule has 2 amide bonds. The third-order valence-corrected chi connectivity index (χ3v) is 5.57. The van der Waals surface area contributed by atoms with Crippen LogP contribution in [0.5, 0.6) is 0 Å². The van der Waals surface area contributed by atoms with Gasteiger partial charge in [0.1, 0.15) is 0 Å². The Bertz CT molecular complexity index is 841. The third-order valence-electron chi connectivity index (χ3n) is 4.99. The number of amides is 2. The lowest BCUT2D eigenvalue weighted by Crippen LogP contribution is -2.46. The van der Waals surface area contributed by atoms with Gasteiger partial charge < -0.3 is 26.4 Å². The van der Waals surface area contributed by atoms with Gasteiger partial charge in [-0.2, -0.15) is 0 Å². The number of carbonyl (C=O) groups excluding carboxylic acids is 1. The number of nitrogens with two attached hydrogens (primary N) is 1. The van der Waals surface area contributed by atoms with Gasteiger partial charge >= 0.3 is 6.03 Å². The highest BCUT2D eigenvalue weighted by Gasteiger charge is 2.22. The summed E-state index contributed by atoms with van der Waals surface area (Å²) in [6.07, 6.45) is 2.73. The number of nitrogens with one attached hydrogen (secondary N) is 2. The van der Waals surface area contributed by atoms with E-state index in [0.29, 0.717) is 29.2 Å². The summed E-state index contributed by atoms with van der Waals surface area (Å²) in [7, 11) is 0. The van der Waals surface area contributed by atoms with Gasteiger partial charge in [0.15, 0.2) is 0 Å². The standard InChI is InChI=1S/C21H26Cl2N4O.CH2O2/c22-17-4-3-16(20(23)13-17)14-25-21(28)27-11-8-19(9-12-27)26-18-5-1-15(2-6-18)7-10-24;2-1-3/h1-6,13,19,26H,7-12,14,24H2,(H,25,28);1H,(H,2,3). The molecule has 0 radical (unpaired) electrons. The molecule has 1 heterocycles. The molecule has 168 valence electrons. The van der Waals surface area contributed by atoms with Gasteiger partial charge in [-0.15, -0.1) is 0 Å². The summed E-state index contributed by atoms with van der Waals surface area (Å²) in [5, 5.41) is 14.5. The zero-order valence-corrected chi connectivity index (χ0v) is 18.7. The van der Waals surface area contributed by atoms with Gasteiger partial charge in [0.2, 0.25) is 0 Å². The maximum Gasteiger partial charge on any atom is 0.317 e. The topological polar surface area (TPSA) is 108 Å². The number of hydrogen-bond donors (Lipinski definition) is 4. The van der Waals surface area contributed by atoms with Crippen LogP contribution in [0.1, 0.15) is 24.0 Å². The van der Waals surface area contributed by atoms with Crippen molar-refractivity contribution >= 4 is 41.4 Å². The SMILES string of the molecule is NCCc1ccc(NC2CCN(C(=O)NCc3ccc(Cl)cc3Cl)CC2)cc1.O=CO. The Hall–Kier alpha value is -2.48. The largest absolute Gasteiger partial charge is 0.483 e. The zero-order valence-electron chi connectivity index (χ0n) is 17.2. The minimum Gasteiger partial charge on any atom is -0.483 e. The highest BCUT2D eigenvalue weighted by molar-refractivity contribution is 6.35. The number of carboxylic acid groups (broad SMARTS) is 1. The Morgan fingerprint density at radius 2 is 1.81 bits per heavy atom. The van der Waals surface area contributed by atoms with E-state index in [1.54, 1.807) is 12.1 Å². The average molecular weight is 467 g/mol. The number of nitrogens with zero attached hydrogens (tertiary/aromatic N) is 1. The Kier molecular flexibility index (Phi) is 10.4. The monoisotopic (exact) mass is 466 g/mol. The molecule has 31 heavy (non-hydrogen) atoms. The molecule has 1 aliphatic rings. The Morgan fingerprint density at radius 3 is 2.39 bits per heavy atom. The van der Waals surface area contributed by atoms with Gasteiger partial charge in [0.05, 0.1) is 0 Å². The van der Waals surface area contributed by atoms with Crippen LogP contribution in [-0.4, -0.2) is 48.2 Å². The summed E-state index contributed by atoms with van der Waals surface area (Å²) in [5.41, 5.74) is 8.81. The van der Waals surface area contributed by atoms with Crippen molar-refractivity contribution in [3.8, 4) is 0 Å². The molecule has 5 N–H and O–H groups in total. The number of urea groups is 1. The van der Waals surface area contributed by atoms with Crippen molar-refractivity contribution in [2.75, 3.05) is 25.0 Å². The fourth-order valence-electron chi connectivity index (χ4n) is 3.34. The molecule has 2 aromatic rings. The predicted molar refractivity (Wildman–Crippen MR) is 125 cm³/mol. The first-order valence-corrected chi connectivity index (χ1v) is 10.8. The number of rotatable bonds is 6. The number of hydrogen-bond acceptors (Lipinski definition) is 4. The summed E-state index contributed by atoms with van der Waals surface area (Å²) < 4.78 is 0. The fraction of sp³-hybridized carbons (Fsp3) is 0.364. The normalized spacial score (nSPS) is 13.7. The van der Waals surface area contributed by atoms with Crippen LogP contribution in [-0.2, 0) is 17.8 Å². The minimum atomic E-state index is -0.250. The van der Waals surface area contributed by atoms with E-state index in [4.69, 9.17) is 38.8 Å². The molecule has 1 saturated heterocycles. The van der Waals surface area contributed by atoms with E-state index in [-0.39, 0.29) is 12.5 Å². The average Bonchev–Trinajstić information content (AvgIpc) is 2.76. The van der Waals surface area contributed by atoms with E-state index in [1.807, 2.05) is 11.0 Å². The van der Waals surface area contributed by atoms with Crippen LogP contribution in [0.2, 0.25) is 10.0 Å². The van der Waals surface area contributed by atoms with Crippen molar-refractivity contribution in [1.82, 2.24) is 10.2 Å². The number of anilines is 1. The van der Waals surface area contributed by atoms with Crippen molar-refractivity contribution < 1.29 is 14.7 Å². The lowest BCUT2D eigenvalue weighted by atomic mass is 10.0. The number of carbonyl (C=O) groups is 2. The lowest BCUT2D eigenvalue weighted by Gasteiger charge is -2.33. The highest BCUT2D eigenvalue weighted by atomic mass is 35.5. The van der Waals surface area contributed by atoms with Crippen molar-refractivity contribution in [2.24, 2.45) is 5.73 Å². The first-order valence-electron chi connectivity index (χ1n) is 10.1. The van der Waals surface area contributed by atoms with Gasteiger partial charge in [0, 0.05) is 41.4 Å². The van der Waals surface area contributed by atoms with Gasteiger partial charge in [-0.05, 0) is 61.2 Å². The summed E-state index contributed by atoms with van der Waals surface area (Å²) in [5.74, 6) is 0. The molecule has 2 aromatic carbocycles. The van der Waals surface area contributed by atoms with Crippen LogP contribution in [0.3, 0.4) is 0 Å². The molecule has 1 aliphatic heterocycles. The number of halogens is 2. The van der Waals surface area contributed by atoms with Crippen LogP contribution in [0.25, 0.3) is 0 Å². The summed E-state index contributed by atoms with van der Waals surface area (Å²) in [4.78, 5) is 22.6. The first kappa shape index (κ1) is 24.8. The molecular weight excluding hydrogens is 439 g/mol. The van der Waals surface area contributed by atoms with Gasteiger partial charge in [-0.3, -0.25) is 4.79 Å². The minimum absolute atomic E-state index is 0.0596. The maximum absolute atomic E-state index is 12.4. The number of likely N-dealkylation sites (tertiary alicyclic amines) is 1. The van der Waals surface area contributed by atoms with E-state index in [9.17, 15) is 4.79 Å². The van der Waals surface area contributed by atoms with Crippen LogP contribution in [0, 0.1) is 0 Å². The highest BCUT2D eigenvalue weighted by Crippen LogP contribution is 2.21. The second-order valence-electron chi connectivity index (χ2n) is 7.14. The molecule has 3 rings (SSSR count). The molecule has 0 unspecified atom stereocenters. The molecule has 9 heteroatoms. The van der Waals surface area contributed by atoms with Crippen molar-refractivity contribution in [1.29, 1.82) is 0 Å². The van der Waals surface area contributed by atoms with Gasteiger partial charge in [0.25, 0.3) is 6.47 Å². The quantitative estimate of drug-likeness (QED) is 0.481. The third kappa shape index (κ3) is 8.28. The van der Waals surface area contributed by atoms with Crippen molar-refractivity contribution in [3.05, 3.63) is 63.6 Å². The fourth-order valence-corrected chi connectivity index (χ4v) is 3.82. The maximum atomic E-state index is 12.4. The Labute approximate surface area is 192 Å². The van der Waals surface area contributed by atoms with Crippen molar-refractivity contribution in [3.63, 3.8) is 0 Å². The van der Waals surface area contributed by atoms with E-state index in [0.717, 1.165) is 43.6 Å². The van der Waals surface area contributed by atoms with Crippen molar-refractivity contribution in [2.45, 2.75) is 31.8 Å². The number of benzene rings is 2. The molecule has 0 aliphatic carbocycles. The predicted octanol–water partition coefficient (Wildman–Crippen LogP) is 3.98. The zero-order chi connectivity index (χ0) is 22.6. The molecule has 1 fully saturated rings. The lowest BCUT2D eigenvalue weighted by molar-refractivity contribution is -0.122. The molecule has 7 nitrogen and oxygen atoms in total. The van der Waals surface area contributed by atoms with Crippen LogP contribution < -0.4 is 16.4 Å². The van der Waals surface area contributed by atoms with Crippen LogP contribution in [0.15, 0.2) is 42.5 Å². The van der Waals surface area contributed by atoms with Crippen LogP contribution in [0.4, 0.5) is 10.5 Å². The van der Waals surface area contributed by atoms with E-state index >= 15 is 0 Å².